The van der Waals surface area contributed by atoms with Gasteiger partial charge in [-0.05, 0) is 24.3 Å². The molecule has 7 heteroatoms. The standard InChI is InChI=1S/C16H13BrN4OS/c17-12-8-6-11(7-9-12)15-19-16(21-20-15)23-10-14(22)18-13-4-2-1-3-5-13/h1-9H,10H2,(H,18,22)(H,19,20,21). The Kier molecular flexibility index (Phi) is 5.09. The minimum absolute atomic E-state index is 0.0869. The van der Waals surface area contributed by atoms with E-state index in [-0.39, 0.29) is 11.7 Å². The lowest BCUT2D eigenvalue weighted by Gasteiger charge is -2.02. The predicted molar refractivity (Wildman–Crippen MR) is 95.3 cm³/mol. The molecule has 0 radical (unpaired) electrons. The minimum Gasteiger partial charge on any atom is -0.325 e. The second-order valence-corrected chi connectivity index (χ2v) is 6.53. The lowest BCUT2D eigenvalue weighted by atomic mass is 10.2. The molecule has 0 aliphatic rings. The van der Waals surface area contributed by atoms with Gasteiger partial charge in [-0.3, -0.25) is 9.89 Å². The lowest BCUT2D eigenvalue weighted by Crippen LogP contribution is -2.13. The number of rotatable bonds is 5. The van der Waals surface area contributed by atoms with Crippen molar-refractivity contribution in [2.75, 3.05) is 11.1 Å². The van der Waals surface area contributed by atoms with E-state index in [1.807, 2.05) is 54.6 Å². The molecule has 5 nitrogen and oxygen atoms in total. The Hall–Kier alpha value is -2.12. The first kappa shape index (κ1) is 15.8. The molecule has 2 N–H and O–H groups in total. The summed E-state index contributed by atoms with van der Waals surface area (Å²) in [4.78, 5) is 16.3. The molecular weight excluding hydrogens is 376 g/mol. The number of aromatic amines is 1. The number of benzene rings is 2. The first-order valence-electron chi connectivity index (χ1n) is 6.87. The molecule has 1 heterocycles. The maximum atomic E-state index is 11.9. The number of anilines is 1. The molecule has 0 unspecified atom stereocenters. The van der Waals surface area contributed by atoms with Crippen LogP contribution in [0, 0.1) is 0 Å². The molecule has 3 rings (SSSR count). The van der Waals surface area contributed by atoms with Crippen molar-refractivity contribution in [1.82, 2.24) is 15.2 Å². The predicted octanol–water partition coefficient (Wildman–Crippen LogP) is 3.97. The quantitative estimate of drug-likeness (QED) is 0.648. The van der Waals surface area contributed by atoms with Crippen LogP contribution < -0.4 is 5.32 Å². The molecule has 3 aromatic rings. The highest BCUT2D eigenvalue weighted by molar-refractivity contribution is 9.10. The van der Waals surface area contributed by atoms with Crippen molar-refractivity contribution in [3.05, 3.63) is 59.1 Å². The second kappa shape index (κ2) is 7.43. The maximum absolute atomic E-state index is 11.9. The van der Waals surface area contributed by atoms with Gasteiger partial charge in [0.25, 0.3) is 0 Å². The lowest BCUT2D eigenvalue weighted by molar-refractivity contribution is -0.113. The smallest absolute Gasteiger partial charge is 0.234 e. The monoisotopic (exact) mass is 388 g/mol. The Morgan fingerprint density at radius 2 is 1.87 bits per heavy atom. The third-order valence-electron chi connectivity index (χ3n) is 2.97. The summed E-state index contributed by atoms with van der Waals surface area (Å²) in [5.74, 6) is 0.853. The number of amides is 1. The SMILES string of the molecule is O=C(CSc1n[nH]c(-c2ccc(Br)cc2)n1)Nc1ccccc1. The van der Waals surface area contributed by atoms with Crippen LogP contribution in [0.2, 0.25) is 0 Å². The van der Waals surface area contributed by atoms with Crippen LogP contribution >= 0.6 is 27.7 Å². The second-order valence-electron chi connectivity index (χ2n) is 4.68. The number of thioether (sulfide) groups is 1. The zero-order valence-corrected chi connectivity index (χ0v) is 14.4. The van der Waals surface area contributed by atoms with Gasteiger partial charge >= 0.3 is 0 Å². The van der Waals surface area contributed by atoms with Crippen LogP contribution in [0.25, 0.3) is 11.4 Å². The molecule has 1 amide bonds. The molecule has 0 saturated carbocycles. The number of carbonyl (C=O) groups excluding carboxylic acids is 1. The fourth-order valence-electron chi connectivity index (χ4n) is 1.90. The summed E-state index contributed by atoms with van der Waals surface area (Å²) >= 11 is 4.69. The van der Waals surface area contributed by atoms with E-state index in [1.54, 1.807) is 0 Å². The third kappa shape index (κ3) is 4.43. The van der Waals surface area contributed by atoms with Crippen molar-refractivity contribution < 1.29 is 4.79 Å². The van der Waals surface area contributed by atoms with Gasteiger partial charge in [-0.1, -0.05) is 58.0 Å². The van der Waals surface area contributed by atoms with E-state index in [9.17, 15) is 4.79 Å². The fourth-order valence-corrected chi connectivity index (χ4v) is 2.76. The fraction of sp³-hybridized carbons (Fsp3) is 0.0625. The molecular formula is C16H13BrN4OS. The van der Waals surface area contributed by atoms with Crippen molar-refractivity contribution in [3.63, 3.8) is 0 Å². The molecule has 116 valence electrons. The maximum Gasteiger partial charge on any atom is 0.234 e. The van der Waals surface area contributed by atoms with Gasteiger partial charge in [-0.2, -0.15) is 0 Å². The van der Waals surface area contributed by atoms with Gasteiger partial charge in [-0.15, -0.1) is 5.10 Å². The van der Waals surface area contributed by atoms with E-state index in [2.05, 4.69) is 36.4 Å². The molecule has 2 aromatic carbocycles. The van der Waals surface area contributed by atoms with Crippen LogP contribution in [0.15, 0.2) is 64.2 Å². The third-order valence-corrected chi connectivity index (χ3v) is 4.35. The molecule has 1 aromatic heterocycles. The van der Waals surface area contributed by atoms with Gasteiger partial charge in [0.2, 0.25) is 11.1 Å². The summed E-state index contributed by atoms with van der Waals surface area (Å²) in [5, 5.41) is 10.4. The highest BCUT2D eigenvalue weighted by Crippen LogP contribution is 2.21. The number of carbonyl (C=O) groups is 1. The van der Waals surface area contributed by atoms with Crippen molar-refractivity contribution >= 4 is 39.3 Å². The Morgan fingerprint density at radius 3 is 2.61 bits per heavy atom. The van der Waals surface area contributed by atoms with Crippen molar-refractivity contribution in [2.24, 2.45) is 0 Å². The first-order chi connectivity index (χ1) is 11.2. The molecule has 0 bridgehead atoms. The number of nitrogens with one attached hydrogen (secondary N) is 2. The summed E-state index contributed by atoms with van der Waals surface area (Å²) in [6, 6.07) is 17.1. The molecule has 0 spiro atoms. The van der Waals surface area contributed by atoms with Crippen molar-refractivity contribution in [2.45, 2.75) is 5.16 Å². The van der Waals surface area contributed by atoms with Gasteiger partial charge in [0.1, 0.15) is 0 Å². The number of aromatic nitrogens is 3. The number of nitrogens with zero attached hydrogens (tertiary/aromatic N) is 2. The summed E-state index contributed by atoms with van der Waals surface area (Å²) in [6.45, 7) is 0. The highest BCUT2D eigenvalue weighted by Gasteiger charge is 2.09. The van der Waals surface area contributed by atoms with Crippen LogP contribution in [0.5, 0.6) is 0 Å². The Bertz CT molecular complexity index is 789. The normalized spacial score (nSPS) is 10.5. The summed E-state index contributed by atoms with van der Waals surface area (Å²) in [6.07, 6.45) is 0. The average molecular weight is 389 g/mol. The van der Waals surface area contributed by atoms with Gasteiger partial charge in [0.15, 0.2) is 5.82 Å². The van der Waals surface area contributed by atoms with Crippen LogP contribution in [-0.4, -0.2) is 26.8 Å². The topological polar surface area (TPSA) is 70.7 Å². The minimum atomic E-state index is -0.0869. The van der Waals surface area contributed by atoms with E-state index in [0.29, 0.717) is 11.0 Å². The van der Waals surface area contributed by atoms with Crippen LogP contribution in [0.1, 0.15) is 0 Å². The zero-order valence-electron chi connectivity index (χ0n) is 12.0. The highest BCUT2D eigenvalue weighted by atomic mass is 79.9. The van der Waals surface area contributed by atoms with Crippen LogP contribution in [0.3, 0.4) is 0 Å². The summed E-state index contributed by atoms with van der Waals surface area (Å²) < 4.78 is 1.01. The number of hydrogen-bond acceptors (Lipinski definition) is 4. The molecule has 0 aliphatic carbocycles. The van der Waals surface area contributed by atoms with Crippen molar-refractivity contribution in [3.8, 4) is 11.4 Å². The van der Waals surface area contributed by atoms with E-state index in [1.165, 1.54) is 11.8 Å². The number of hydrogen-bond donors (Lipinski definition) is 2. The number of halogens is 1. The van der Waals surface area contributed by atoms with Gasteiger partial charge in [0, 0.05) is 15.7 Å². The molecule has 23 heavy (non-hydrogen) atoms. The van der Waals surface area contributed by atoms with Crippen molar-refractivity contribution in [1.29, 1.82) is 0 Å². The first-order valence-corrected chi connectivity index (χ1v) is 8.64. The van der Waals surface area contributed by atoms with E-state index >= 15 is 0 Å². The van der Waals surface area contributed by atoms with Gasteiger partial charge in [-0.25, -0.2) is 4.98 Å². The Labute approximate surface area is 146 Å². The molecule has 0 atom stereocenters. The number of para-hydroxylation sites is 1. The molecule has 0 aliphatic heterocycles. The summed E-state index contributed by atoms with van der Waals surface area (Å²) in [7, 11) is 0. The van der Waals surface area contributed by atoms with Crippen LogP contribution in [-0.2, 0) is 4.79 Å². The van der Waals surface area contributed by atoms with Crippen LogP contribution in [0.4, 0.5) is 5.69 Å². The zero-order chi connectivity index (χ0) is 16.1. The summed E-state index contributed by atoms with van der Waals surface area (Å²) in [5.41, 5.74) is 1.73. The largest absolute Gasteiger partial charge is 0.325 e. The Balaban J connectivity index is 1.57. The van der Waals surface area contributed by atoms with E-state index in [0.717, 1.165) is 15.7 Å². The van der Waals surface area contributed by atoms with E-state index in [4.69, 9.17) is 0 Å². The Morgan fingerprint density at radius 1 is 1.13 bits per heavy atom. The number of H-pyrrole nitrogens is 1. The van der Waals surface area contributed by atoms with Gasteiger partial charge in [0.05, 0.1) is 5.75 Å². The van der Waals surface area contributed by atoms with Gasteiger partial charge < -0.3 is 5.32 Å². The molecule has 0 saturated heterocycles. The average Bonchev–Trinajstić information content (AvgIpc) is 3.04. The van der Waals surface area contributed by atoms with E-state index < -0.39 is 0 Å². The molecule has 0 fully saturated rings.